The highest BCUT2D eigenvalue weighted by molar-refractivity contribution is 7.10. The molecule has 1 aromatic rings. The van der Waals surface area contributed by atoms with Crippen LogP contribution in [0.1, 0.15) is 50.4 Å². The Hall–Kier alpha value is -0.380. The summed E-state index contributed by atoms with van der Waals surface area (Å²) in [5.74, 6) is 1.62. The van der Waals surface area contributed by atoms with E-state index in [4.69, 9.17) is 0 Å². The zero-order valence-electron chi connectivity index (χ0n) is 12.8. The molecule has 20 heavy (non-hydrogen) atoms. The summed E-state index contributed by atoms with van der Waals surface area (Å²) in [6.07, 6.45) is 5.55. The normalized spacial score (nSPS) is 27.2. The van der Waals surface area contributed by atoms with Gasteiger partial charge in [-0.05, 0) is 68.6 Å². The van der Waals surface area contributed by atoms with Gasteiger partial charge in [-0.2, -0.15) is 0 Å². The van der Waals surface area contributed by atoms with Crippen molar-refractivity contribution in [3.05, 3.63) is 22.4 Å². The fourth-order valence-electron chi connectivity index (χ4n) is 4.10. The second-order valence-electron chi connectivity index (χ2n) is 6.78. The van der Waals surface area contributed by atoms with Gasteiger partial charge in [0, 0.05) is 17.0 Å². The Morgan fingerprint density at radius 1 is 1.25 bits per heavy atom. The molecule has 1 aromatic heterocycles. The van der Waals surface area contributed by atoms with Crippen molar-refractivity contribution >= 4 is 11.3 Å². The number of nitrogens with zero attached hydrogens (tertiary/aromatic N) is 1. The number of hydrogen-bond donors (Lipinski definition) is 1. The molecule has 2 atom stereocenters. The predicted molar refractivity (Wildman–Crippen MR) is 87.2 cm³/mol. The molecular formula is C17H28N2S. The number of piperidine rings is 1. The number of rotatable bonds is 4. The maximum absolute atomic E-state index is 3.70. The molecule has 0 amide bonds. The Balaban J connectivity index is 1.61. The summed E-state index contributed by atoms with van der Waals surface area (Å²) in [5, 5.41) is 5.93. The van der Waals surface area contributed by atoms with E-state index in [1.165, 1.54) is 45.3 Å². The van der Waals surface area contributed by atoms with Crippen LogP contribution in [-0.2, 0) is 0 Å². The molecular weight excluding hydrogens is 264 g/mol. The Labute approximate surface area is 127 Å². The van der Waals surface area contributed by atoms with E-state index >= 15 is 0 Å². The van der Waals surface area contributed by atoms with Crippen LogP contribution in [-0.4, -0.2) is 30.6 Å². The molecule has 3 heteroatoms. The fourth-order valence-corrected chi connectivity index (χ4v) is 5.14. The van der Waals surface area contributed by atoms with Crippen molar-refractivity contribution in [3.63, 3.8) is 0 Å². The molecule has 2 aliphatic heterocycles. The molecule has 0 bridgehead atoms. The van der Waals surface area contributed by atoms with Crippen molar-refractivity contribution < 1.29 is 0 Å². The number of likely N-dealkylation sites (tertiary alicyclic amines) is 1. The van der Waals surface area contributed by atoms with Gasteiger partial charge in [-0.25, -0.2) is 0 Å². The maximum Gasteiger partial charge on any atom is 0.0464 e. The minimum absolute atomic E-state index is 0.632. The summed E-state index contributed by atoms with van der Waals surface area (Å²) in [5.41, 5.74) is 0. The highest BCUT2D eigenvalue weighted by atomic mass is 32.1. The van der Waals surface area contributed by atoms with E-state index in [2.05, 4.69) is 41.6 Å². The molecule has 0 radical (unpaired) electrons. The lowest BCUT2D eigenvalue weighted by Crippen LogP contribution is -2.43. The predicted octanol–water partition coefficient (Wildman–Crippen LogP) is 3.91. The largest absolute Gasteiger partial charge is 0.314 e. The second-order valence-corrected chi connectivity index (χ2v) is 7.76. The zero-order valence-corrected chi connectivity index (χ0v) is 13.7. The highest BCUT2D eigenvalue weighted by Crippen LogP contribution is 2.35. The minimum Gasteiger partial charge on any atom is -0.314 e. The Bertz CT molecular complexity index is 387. The van der Waals surface area contributed by atoms with Gasteiger partial charge < -0.3 is 5.32 Å². The van der Waals surface area contributed by atoms with Crippen molar-refractivity contribution in [3.8, 4) is 0 Å². The first-order valence-corrected chi connectivity index (χ1v) is 9.14. The van der Waals surface area contributed by atoms with E-state index in [0.717, 1.165) is 12.0 Å². The average molecular weight is 292 g/mol. The van der Waals surface area contributed by atoms with Gasteiger partial charge >= 0.3 is 0 Å². The van der Waals surface area contributed by atoms with Crippen LogP contribution in [0, 0.1) is 11.8 Å². The van der Waals surface area contributed by atoms with Gasteiger partial charge in [0.25, 0.3) is 0 Å². The van der Waals surface area contributed by atoms with Crippen LogP contribution < -0.4 is 5.32 Å². The second kappa shape index (κ2) is 6.59. The minimum atomic E-state index is 0.632. The summed E-state index contributed by atoms with van der Waals surface area (Å²) in [6.45, 7) is 8.55. The first-order chi connectivity index (χ1) is 9.75. The van der Waals surface area contributed by atoms with Crippen molar-refractivity contribution in [1.82, 2.24) is 10.2 Å². The molecule has 0 aromatic carbocycles. The SMILES string of the molecule is CC(C)C(c1cccs1)N1CCC(C2CCCN2)CC1. The lowest BCUT2D eigenvalue weighted by molar-refractivity contribution is 0.0957. The smallest absolute Gasteiger partial charge is 0.0464 e. The van der Waals surface area contributed by atoms with E-state index in [0.29, 0.717) is 12.0 Å². The van der Waals surface area contributed by atoms with E-state index in [-0.39, 0.29) is 0 Å². The summed E-state index contributed by atoms with van der Waals surface area (Å²) in [4.78, 5) is 4.29. The molecule has 0 saturated carbocycles. The van der Waals surface area contributed by atoms with Crippen LogP contribution in [0.15, 0.2) is 17.5 Å². The molecule has 0 spiro atoms. The van der Waals surface area contributed by atoms with Gasteiger partial charge in [0.05, 0.1) is 0 Å². The van der Waals surface area contributed by atoms with Crippen molar-refractivity contribution in [2.75, 3.05) is 19.6 Å². The van der Waals surface area contributed by atoms with E-state index in [1.807, 2.05) is 11.3 Å². The summed E-state index contributed by atoms with van der Waals surface area (Å²) >= 11 is 1.93. The molecule has 1 N–H and O–H groups in total. The molecule has 3 heterocycles. The van der Waals surface area contributed by atoms with E-state index < -0.39 is 0 Å². The molecule has 2 nitrogen and oxygen atoms in total. The number of hydrogen-bond acceptors (Lipinski definition) is 3. The Kier molecular flexibility index (Phi) is 4.79. The van der Waals surface area contributed by atoms with Crippen LogP contribution in [0.25, 0.3) is 0 Å². The quantitative estimate of drug-likeness (QED) is 0.905. The maximum atomic E-state index is 3.70. The van der Waals surface area contributed by atoms with Gasteiger partial charge in [-0.3, -0.25) is 4.90 Å². The molecule has 2 aliphatic rings. The highest BCUT2D eigenvalue weighted by Gasteiger charge is 2.32. The van der Waals surface area contributed by atoms with Crippen molar-refractivity contribution in [2.24, 2.45) is 11.8 Å². The summed E-state index contributed by atoms with van der Waals surface area (Å²) in [6, 6.07) is 5.97. The third-order valence-electron chi connectivity index (χ3n) is 5.10. The lowest BCUT2D eigenvalue weighted by atomic mass is 9.87. The van der Waals surface area contributed by atoms with Gasteiger partial charge in [0.2, 0.25) is 0 Å². The van der Waals surface area contributed by atoms with E-state index in [9.17, 15) is 0 Å². The average Bonchev–Trinajstić information content (AvgIpc) is 3.12. The van der Waals surface area contributed by atoms with Crippen LogP contribution in [0.2, 0.25) is 0 Å². The first-order valence-electron chi connectivity index (χ1n) is 8.26. The standard InChI is InChI=1S/C17H28N2S/c1-13(2)17(16-6-4-12-20-16)19-10-7-14(8-11-19)15-5-3-9-18-15/h4,6,12-15,17-18H,3,5,7-11H2,1-2H3. The third kappa shape index (κ3) is 3.10. The van der Waals surface area contributed by atoms with Crippen LogP contribution in [0.4, 0.5) is 0 Å². The van der Waals surface area contributed by atoms with Crippen molar-refractivity contribution in [2.45, 2.75) is 51.6 Å². The van der Waals surface area contributed by atoms with Gasteiger partial charge in [0.15, 0.2) is 0 Å². The first kappa shape index (κ1) is 14.6. The fraction of sp³-hybridized carbons (Fsp3) is 0.765. The van der Waals surface area contributed by atoms with Crippen molar-refractivity contribution in [1.29, 1.82) is 0 Å². The third-order valence-corrected chi connectivity index (χ3v) is 6.04. The van der Waals surface area contributed by atoms with Gasteiger partial charge in [-0.15, -0.1) is 11.3 Å². The summed E-state index contributed by atoms with van der Waals surface area (Å²) < 4.78 is 0. The van der Waals surface area contributed by atoms with Gasteiger partial charge in [0.1, 0.15) is 0 Å². The number of nitrogens with one attached hydrogen (secondary N) is 1. The summed E-state index contributed by atoms with van der Waals surface area (Å²) in [7, 11) is 0. The molecule has 0 aliphatic carbocycles. The molecule has 2 fully saturated rings. The lowest BCUT2D eigenvalue weighted by Gasteiger charge is -2.40. The monoisotopic (exact) mass is 292 g/mol. The molecule has 2 unspecified atom stereocenters. The van der Waals surface area contributed by atoms with Crippen LogP contribution in [0.3, 0.4) is 0 Å². The molecule has 2 saturated heterocycles. The molecule has 112 valence electrons. The molecule has 3 rings (SSSR count). The van der Waals surface area contributed by atoms with Crippen LogP contribution in [0.5, 0.6) is 0 Å². The Morgan fingerprint density at radius 2 is 2.05 bits per heavy atom. The zero-order chi connectivity index (χ0) is 13.9. The van der Waals surface area contributed by atoms with E-state index in [1.54, 1.807) is 4.88 Å². The topological polar surface area (TPSA) is 15.3 Å². The van der Waals surface area contributed by atoms with Crippen LogP contribution >= 0.6 is 11.3 Å². The number of thiophene rings is 1. The van der Waals surface area contributed by atoms with Gasteiger partial charge in [-0.1, -0.05) is 19.9 Å². The Morgan fingerprint density at radius 3 is 2.60 bits per heavy atom.